The van der Waals surface area contributed by atoms with Gasteiger partial charge in [0.2, 0.25) is 5.91 Å². The van der Waals surface area contributed by atoms with Crippen LogP contribution < -0.4 is 11.1 Å². The van der Waals surface area contributed by atoms with Crippen LogP contribution in [-0.2, 0) is 4.79 Å². The molecule has 4 heteroatoms. The molecule has 4 aliphatic rings. The predicted molar refractivity (Wildman–Crippen MR) is 88.4 cm³/mol. The van der Waals surface area contributed by atoms with E-state index in [1.54, 1.807) is 0 Å². The van der Waals surface area contributed by atoms with Crippen molar-refractivity contribution < 1.29 is 4.79 Å². The van der Waals surface area contributed by atoms with Gasteiger partial charge in [0.25, 0.3) is 0 Å². The molecule has 0 aliphatic heterocycles. The van der Waals surface area contributed by atoms with E-state index in [1.165, 1.54) is 44.9 Å². The maximum atomic E-state index is 12.2. The van der Waals surface area contributed by atoms with Gasteiger partial charge >= 0.3 is 0 Å². The van der Waals surface area contributed by atoms with E-state index in [2.05, 4.69) is 5.32 Å². The smallest absolute Gasteiger partial charge is 0.220 e. The van der Waals surface area contributed by atoms with Gasteiger partial charge < -0.3 is 11.1 Å². The summed E-state index contributed by atoms with van der Waals surface area (Å²) in [5, 5.41) is 3.45. The molecule has 4 saturated carbocycles. The average molecular weight is 315 g/mol. The molecule has 0 aromatic heterocycles. The summed E-state index contributed by atoms with van der Waals surface area (Å²) in [5.74, 6) is 3.03. The molecule has 4 rings (SSSR count). The summed E-state index contributed by atoms with van der Waals surface area (Å²) in [6.07, 6.45) is 13.2. The van der Waals surface area contributed by atoms with Gasteiger partial charge in [-0.15, -0.1) is 12.4 Å². The molecule has 0 unspecified atom stereocenters. The highest BCUT2D eigenvalue weighted by Crippen LogP contribution is 2.55. The van der Waals surface area contributed by atoms with Gasteiger partial charge in [0.1, 0.15) is 0 Å². The zero-order chi connectivity index (χ0) is 14.0. The van der Waals surface area contributed by atoms with Crippen LogP contribution in [0.25, 0.3) is 0 Å². The van der Waals surface area contributed by atoms with Gasteiger partial charge in [0, 0.05) is 12.0 Å². The SMILES string of the molecule is Cl.NCCCCCCC(=O)NC12CC3CC(CC(C3)C1)C2. The molecule has 0 radical (unpaired) electrons. The third-order valence-electron chi connectivity index (χ3n) is 5.80. The molecule has 4 fully saturated rings. The lowest BCUT2D eigenvalue weighted by Gasteiger charge is -2.56. The first-order valence-corrected chi connectivity index (χ1v) is 8.70. The van der Waals surface area contributed by atoms with Gasteiger partial charge in [-0.1, -0.05) is 12.8 Å². The Labute approximate surface area is 135 Å². The fourth-order valence-electron chi connectivity index (χ4n) is 5.41. The molecule has 4 bridgehead atoms. The average Bonchev–Trinajstić information content (AvgIpc) is 2.36. The zero-order valence-electron chi connectivity index (χ0n) is 13.1. The number of carbonyl (C=O) groups excluding carboxylic acids is 1. The van der Waals surface area contributed by atoms with Crippen LogP contribution in [0, 0.1) is 17.8 Å². The van der Waals surface area contributed by atoms with E-state index in [0.29, 0.717) is 12.3 Å². The van der Waals surface area contributed by atoms with Crippen molar-refractivity contribution in [2.75, 3.05) is 6.54 Å². The molecular formula is C17H31ClN2O. The first kappa shape index (κ1) is 17.1. The van der Waals surface area contributed by atoms with E-state index in [1.807, 2.05) is 0 Å². The number of hydrogen-bond donors (Lipinski definition) is 2. The van der Waals surface area contributed by atoms with Crippen LogP contribution >= 0.6 is 12.4 Å². The van der Waals surface area contributed by atoms with E-state index >= 15 is 0 Å². The topological polar surface area (TPSA) is 55.1 Å². The van der Waals surface area contributed by atoms with Crippen LogP contribution in [0.4, 0.5) is 0 Å². The van der Waals surface area contributed by atoms with Crippen LogP contribution in [0.15, 0.2) is 0 Å². The van der Waals surface area contributed by atoms with Crippen LogP contribution in [-0.4, -0.2) is 18.0 Å². The van der Waals surface area contributed by atoms with E-state index < -0.39 is 0 Å². The Morgan fingerprint density at radius 2 is 1.48 bits per heavy atom. The molecule has 3 N–H and O–H groups in total. The van der Waals surface area contributed by atoms with Gasteiger partial charge in [-0.2, -0.15) is 0 Å². The van der Waals surface area contributed by atoms with E-state index in [-0.39, 0.29) is 17.9 Å². The van der Waals surface area contributed by atoms with Crippen molar-refractivity contribution >= 4 is 18.3 Å². The minimum absolute atomic E-state index is 0. The van der Waals surface area contributed by atoms with Gasteiger partial charge in [0.05, 0.1) is 0 Å². The normalized spacial score (nSPS) is 36.3. The fraction of sp³-hybridized carbons (Fsp3) is 0.941. The third kappa shape index (κ3) is 4.13. The quantitative estimate of drug-likeness (QED) is 0.708. The van der Waals surface area contributed by atoms with E-state index in [0.717, 1.165) is 43.6 Å². The van der Waals surface area contributed by atoms with Crippen LogP contribution in [0.2, 0.25) is 0 Å². The highest BCUT2D eigenvalue weighted by atomic mass is 35.5. The van der Waals surface area contributed by atoms with Crippen LogP contribution in [0.1, 0.15) is 70.6 Å². The summed E-state index contributed by atoms with van der Waals surface area (Å²) in [7, 11) is 0. The maximum absolute atomic E-state index is 12.2. The van der Waals surface area contributed by atoms with Crippen molar-refractivity contribution in [3.63, 3.8) is 0 Å². The lowest BCUT2D eigenvalue weighted by atomic mass is 9.53. The van der Waals surface area contributed by atoms with Crippen molar-refractivity contribution in [2.24, 2.45) is 23.5 Å². The van der Waals surface area contributed by atoms with Crippen LogP contribution in [0.3, 0.4) is 0 Å². The number of halogens is 1. The molecule has 0 saturated heterocycles. The molecule has 0 aromatic carbocycles. The van der Waals surface area contributed by atoms with Crippen molar-refractivity contribution in [3.05, 3.63) is 0 Å². The lowest BCUT2D eigenvalue weighted by molar-refractivity contribution is -0.127. The van der Waals surface area contributed by atoms with Gasteiger partial charge in [-0.25, -0.2) is 0 Å². The minimum atomic E-state index is 0. The largest absolute Gasteiger partial charge is 0.351 e. The Morgan fingerprint density at radius 3 is 2.00 bits per heavy atom. The molecule has 122 valence electrons. The number of unbranched alkanes of at least 4 members (excludes halogenated alkanes) is 3. The van der Waals surface area contributed by atoms with E-state index in [9.17, 15) is 4.79 Å². The first-order chi connectivity index (χ1) is 9.69. The maximum Gasteiger partial charge on any atom is 0.220 e. The Morgan fingerprint density at radius 1 is 0.952 bits per heavy atom. The molecule has 3 nitrogen and oxygen atoms in total. The van der Waals surface area contributed by atoms with E-state index in [4.69, 9.17) is 5.73 Å². The molecule has 4 aliphatic carbocycles. The monoisotopic (exact) mass is 314 g/mol. The summed E-state index contributed by atoms with van der Waals surface area (Å²) in [4.78, 5) is 12.2. The molecule has 21 heavy (non-hydrogen) atoms. The Balaban J connectivity index is 0.00000161. The predicted octanol–water partition coefficient (Wildman–Crippen LogP) is 3.40. The second kappa shape index (κ2) is 7.32. The molecule has 0 aromatic rings. The summed E-state index contributed by atoms with van der Waals surface area (Å²) in [5.41, 5.74) is 5.68. The third-order valence-corrected chi connectivity index (χ3v) is 5.80. The van der Waals surface area contributed by atoms with Crippen LogP contribution in [0.5, 0.6) is 0 Å². The summed E-state index contributed by atoms with van der Waals surface area (Å²) in [6, 6.07) is 0. The standard InChI is InChI=1S/C17H30N2O.ClH/c18-6-4-2-1-3-5-16(20)19-17-10-13-7-14(11-17)9-15(8-13)12-17;/h13-15H,1-12,18H2,(H,19,20);1H. The van der Waals surface area contributed by atoms with Gasteiger partial charge in [0.15, 0.2) is 0 Å². The van der Waals surface area contributed by atoms with Gasteiger partial charge in [-0.05, 0) is 75.7 Å². The number of nitrogens with one attached hydrogen (secondary N) is 1. The molecule has 0 heterocycles. The second-order valence-electron chi connectivity index (χ2n) is 7.70. The number of nitrogens with two attached hydrogens (primary N) is 1. The minimum Gasteiger partial charge on any atom is -0.351 e. The molecule has 0 spiro atoms. The summed E-state index contributed by atoms with van der Waals surface area (Å²) in [6.45, 7) is 0.777. The first-order valence-electron chi connectivity index (χ1n) is 8.70. The summed E-state index contributed by atoms with van der Waals surface area (Å²) < 4.78 is 0. The number of rotatable bonds is 7. The second-order valence-corrected chi connectivity index (χ2v) is 7.70. The Bertz CT molecular complexity index is 323. The highest BCUT2D eigenvalue weighted by Gasteiger charge is 2.51. The number of amides is 1. The lowest BCUT2D eigenvalue weighted by Crippen LogP contribution is -2.59. The van der Waals surface area contributed by atoms with Crippen molar-refractivity contribution in [1.29, 1.82) is 0 Å². The summed E-state index contributed by atoms with van der Waals surface area (Å²) >= 11 is 0. The molecular weight excluding hydrogens is 284 g/mol. The number of carbonyl (C=O) groups is 1. The Hall–Kier alpha value is -0.280. The van der Waals surface area contributed by atoms with Crippen molar-refractivity contribution in [1.82, 2.24) is 5.32 Å². The fourth-order valence-corrected chi connectivity index (χ4v) is 5.41. The Kier molecular flexibility index (Phi) is 5.96. The highest BCUT2D eigenvalue weighted by molar-refractivity contribution is 5.85. The molecule has 1 amide bonds. The number of hydrogen-bond acceptors (Lipinski definition) is 2. The zero-order valence-corrected chi connectivity index (χ0v) is 13.9. The van der Waals surface area contributed by atoms with Crippen molar-refractivity contribution in [3.8, 4) is 0 Å². The molecule has 0 atom stereocenters. The van der Waals surface area contributed by atoms with Crippen molar-refractivity contribution in [2.45, 2.75) is 76.2 Å². The van der Waals surface area contributed by atoms with Gasteiger partial charge in [-0.3, -0.25) is 4.79 Å².